The van der Waals surface area contributed by atoms with Gasteiger partial charge in [-0.1, -0.05) is 19.3 Å². The summed E-state index contributed by atoms with van der Waals surface area (Å²) >= 11 is 0. The van der Waals surface area contributed by atoms with Crippen LogP contribution in [0.3, 0.4) is 0 Å². The van der Waals surface area contributed by atoms with Crippen LogP contribution in [0.5, 0.6) is 0 Å². The van der Waals surface area contributed by atoms with Gasteiger partial charge < -0.3 is 0 Å². The summed E-state index contributed by atoms with van der Waals surface area (Å²) in [7, 11) is 0. The van der Waals surface area contributed by atoms with Gasteiger partial charge in [-0.05, 0) is 37.0 Å². The van der Waals surface area contributed by atoms with Gasteiger partial charge >= 0.3 is 0 Å². The third-order valence-electron chi connectivity index (χ3n) is 3.59. The van der Waals surface area contributed by atoms with Gasteiger partial charge in [0.1, 0.15) is 11.6 Å². The number of rotatable bonds is 3. The first-order valence-corrected chi connectivity index (χ1v) is 6.13. The summed E-state index contributed by atoms with van der Waals surface area (Å²) in [6.45, 7) is 0. The van der Waals surface area contributed by atoms with Gasteiger partial charge in [0, 0.05) is 5.56 Å². The van der Waals surface area contributed by atoms with E-state index < -0.39 is 5.82 Å². The average Bonchev–Trinajstić information content (AvgIpc) is 2.36. The topological polar surface area (TPSA) is 38.0 Å². The molecule has 1 fully saturated rings. The van der Waals surface area contributed by atoms with Gasteiger partial charge in [-0.25, -0.2) is 8.78 Å². The normalized spacial score (nSPS) is 19.2. The van der Waals surface area contributed by atoms with E-state index in [1.54, 1.807) is 0 Å². The molecular formula is C13H18F2N2. The Balaban J connectivity index is 2.24. The minimum absolute atomic E-state index is 0.286. The molecule has 1 aliphatic rings. The fraction of sp³-hybridized carbons (Fsp3) is 0.538. The van der Waals surface area contributed by atoms with Gasteiger partial charge in [0.25, 0.3) is 0 Å². The summed E-state index contributed by atoms with van der Waals surface area (Å²) in [5.41, 5.74) is 3.00. The molecule has 1 saturated carbocycles. The molecule has 0 saturated heterocycles. The van der Waals surface area contributed by atoms with Crippen molar-refractivity contribution < 1.29 is 8.78 Å². The molecule has 0 aromatic heterocycles. The second-order valence-electron chi connectivity index (χ2n) is 4.71. The maximum Gasteiger partial charge on any atom is 0.128 e. The molecule has 2 rings (SSSR count). The van der Waals surface area contributed by atoms with E-state index in [4.69, 9.17) is 5.84 Å². The van der Waals surface area contributed by atoms with Crippen molar-refractivity contribution in [1.82, 2.24) is 5.43 Å². The molecular weight excluding hydrogens is 222 g/mol. The number of nitrogens with one attached hydrogen (secondary N) is 1. The van der Waals surface area contributed by atoms with Crippen molar-refractivity contribution in [3.05, 3.63) is 35.4 Å². The summed E-state index contributed by atoms with van der Waals surface area (Å²) in [5.74, 6) is 5.00. The highest BCUT2D eigenvalue weighted by molar-refractivity contribution is 5.23. The predicted molar refractivity (Wildman–Crippen MR) is 63.0 cm³/mol. The van der Waals surface area contributed by atoms with Crippen LogP contribution < -0.4 is 11.3 Å². The highest BCUT2D eigenvalue weighted by atomic mass is 19.1. The van der Waals surface area contributed by atoms with Crippen LogP contribution in [0.1, 0.15) is 43.7 Å². The molecule has 0 amide bonds. The molecule has 1 aromatic rings. The zero-order valence-corrected chi connectivity index (χ0v) is 9.76. The lowest BCUT2D eigenvalue weighted by atomic mass is 9.81. The SMILES string of the molecule is NNC(c1cc(F)ccc1F)C1CCCCC1. The second kappa shape index (κ2) is 5.56. The Morgan fingerprint density at radius 2 is 1.88 bits per heavy atom. The standard InChI is InChI=1S/C13H18F2N2/c14-10-6-7-12(15)11(8-10)13(17-16)9-4-2-1-3-5-9/h6-9,13,17H,1-5,16H2. The molecule has 1 aliphatic carbocycles. The van der Waals surface area contributed by atoms with E-state index in [-0.39, 0.29) is 11.9 Å². The first-order chi connectivity index (χ1) is 8.22. The van der Waals surface area contributed by atoms with E-state index in [9.17, 15) is 8.78 Å². The molecule has 94 valence electrons. The molecule has 0 heterocycles. The monoisotopic (exact) mass is 240 g/mol. The quantitative estimate of drug-likeness (QED) is 0.629. The molecule has 0 bridgehead atoms. The molecule has 1 unspecified atom stereocenters. The number of hydrazine groups is 1. The summed E-state index contributed by atoms with van der Waals surface area (Å²) < 4.78 is 26.9. The van der Waals surface area contributed by atoms with Gasteiger partial charge in [-0.3, -0.25) is 11.3 Å². The van der Waals surface area contributed by atoms with Gasteiger partial charge in [0.15, 0.2) is 0 Å². The molecule has 0 spiro atoms. The predicted octanol–water partition coefficient (Wildman–Crippen LogP) is 3.05. The number of hydrogen-bond donors (Lipinski definition) is 2. The molecule has 2 nitrogen and oxygen atoms in total. The Hall–Kier alpha value is -1.00. The van der Waals surface area contributed by atoms with E-state index in [0.29, 0.717) is 11.5 Å². The van der Waals surface area contributed by atoms with Crippen LogP contribution in [0.15, 0.2) is 18.2 Å². The first-order valence-electron chi connectivity index (χ1n) is 6.13. The number of benzene rings is 1. The van der Waals surface area contributed by atoms with Crippen LogP contribution in [-0.4, -0.2) is 0 Å². The Morgan fingerprint density at radius 3 is 2.53 bits per heavy atom. The Kier molecular flexibility index (Phi) is 4.07. The number of nitrogens with two attached hydrogens (primary N) is 1. The fourth-order valence-electron chi connectivity index (χ4n) is 2.70. The van der Waals surface area contributed by atoms with Crippen molar-refractivity contribution in [2.75, 3.05) is 0 Å². The molecule has 1 atom stereocenters. The summed E-state index contributed by atoms with van der Waals surface area (Å²) in [6.07, 6.45) is 5.54. The molecule has 0 aliphatic heterocycles. The smallest absolute Gasteiger partial charge is 0.128 e. The minimum atomic E-state index is -0.419. The van der Waals surface area contributed by atoms with Crippen molar-refractivity contribution in [1.29, 1.82) is 0 Å². The third kappa shape index (κ3) is 2.82. The van der Waals surface area contributed by atoms with Crippen LogP contribution in [0.2, 0.25) is 0 Å². The minimum Gasteiger partial charge on any atom is -0.271 e. The maximum absolute atomic E-state index is 13.7. The van der Waals surface area contributed by atoms with Crippen LogP contribution in [-0.2, 0) is 0 Å². The molecule has 4 heteroatoms. The van der Waals surface area contributed by atoms with Crippen molar-refractivity contribution in [3.8, 4) is 0 Å². The first kappa shape index (κ1) is 12.5. The Morgan fingerprint density at radius 1 is 1.18 bits per heavy atom. The van der Waals surface area contributed by atoms with E-state index in [0.717, 1.165) is 37.8 Å². The highest BCUT2D eigenvalue weighted by Gasteiger charge is 2.26. The van der Waals surface area contributed by atoms with Crippen LogP contribution in [0, 0.1) is 17.6 Å². The molecule has 17 heavy (non-hydrogen) atoms. The Bertz CT molecular complexity index is 376. The zero-order valence-electron chi connectivity index (χ0n) is 9.76. The fourth-order valence-corrected chi connectivity index (χ4v) is 2.70. The highest BCUT2D eigenvalue weighted by Crippen LogP contribution is 2.35. The van der Waals surface area contributed by atoms with Crippen molar-refractivity contribution in [2.24, 2.45) is 11.8 Å². The third-order valence-corrected chi connectivity index (χ3v) is 3.59. The van der Waals surface area contributed by atoms with E-state index >= 15 is 0 Å². The van der Waals surface area contributed by atoms with Crippen LogP contribution in [0.25, 0.3) is 0 Å². The number of halogens is 2. The molecule has 0 radical (unpaired) electrons. The van der Waals surface area contributed by atoms with Crippen LogP contribution >= 0.6 is 0 Å². The van der Waals surface area contributed by atoms with E-state index in [2.05, 4.69) is 5.43 Å². The summed E-state index contributed by atoms with van der Waals surface area (Å²) in [4.78, 5) is 0. The lowest BCUT2D eigenvalue weighted by Gasteiger charge is -2.30. The lowest BCUT2D eigenvalue weighted by Crippen LogP contribution is -2.35. The van der Waals surface area contributed by atoms with Crippen molar-refractivity contribution >= 4 is 0 Å². The van der Waals surface area contributed by atoms with Gasteiger partial charge in [0.05, 0.1) is 6.04 Å². The lowest BCUT2D eigenvalue weighted by molar-refractivity contribution is 0.268. The van der Waals surface area contributed by atoms with Gasteiger partial charge in [-0.2, -0.15) is 0 Å². The van der Waals surface area contributed by atoms with E-state index in [1.165, 1.54) is 12.5 Å². The molecule has 1 aromatic carbocycles. The van der Waals surface area contributed by atoms with E-state index in [1.807, 2.05) is 0 Å². The molecule has 3 N–H and O–H groups in total. The largest absolute Gasteiger partial charge is 0.271 e. The van der Waals surface area contributed by atoms with Crippen molar-refractivity contribution in [2.45, 2.75) is 38.1 Å². The van der Waals surface area contributed by atoms with Crippen molar-refractivity contribution in [3.63, 3.8) is 0 Å². The van der Waals surface area contributed by atoms with Gasteiger partial charge in [0.2, 0.25) is 0 Å². The maximum atomic E-state index is 13.7. The average molecular weight is 240 g/mol. The van der Waals surface area contributed by atoms with Gasteiger partial charge in [-0.15, -0.1) is 0 Å². The Labute approximate surface area is 100 Å². The second-order valence-corrected chi connectivity index (χ2v) is 4.71. The van der Waals surface area contributed by atoms with Crippen LogP contribution in [0.4, 0.5) is 8.78 Å². The number of hydrogen-bond acceptors (Lipinski definition) is 2. The summed E-state index contributed by atoms with van der Waals surface area (Å²) in [6, 6.07) is 3.26. The summed E-state index contributed by atoms with van der Waals surface area (Å²) in [5, 5.41) is 0. The zero-order chi connectivity index (χ0) is 12.3.